The second-order valence-electron chi connectivity index (χ2n) is 5.25. The molecule has 0 aliphatic rings. The molecule has 26 heavy (non-hydrogen) atoms. The van der Waals surface area contributed by atoms with Crippen LogP contribution >= 0.6 is 11.3 Å². The van der Waals surface area contributed by atoms with Gasteiger partial charge in [-0.05, 0) is 18.6 Å². The van der Waals surface area contributed by atoms with Crippen molar-refractivity contribution in [2.75, 3.05) is 7.11 Å². The summed E-state index contributed by atoms with van der Waals surface area (Å²) in [6.45, 7) is 1.99. The number of benzene rings is 1. The smallest absolute Gasteiger partial charge is 0.282 e. The van der Waals surface area contributed by atoms with Crippen LogP contribution in [0.1, 0.15) is 17.4 Å². The van der Waals surface area contributed by atoms with E-state index >= 15 is 0 Å². The molecule has 3 aromatic rings. The minimum Gasteiger partial charge on any atom is -0.865 e. The van der Waals surface area contributed by atoms with Crippen LogP contribution in [0.25, 0.3) is 10.2 Å². The first-order chi connectivity index (χ1) is 12.4. The molecule has 0 spiro atoms. The Hall–Kier alpha value is -3.27. The quantitative estimate of drug-likeness (QED) is 0.382. The molecule has 0 aliphatic carbocycles. The number of hydrogen-bond acceptors (Lipinski definition) is 8. The predicted octanol–water partition coefficient (Wildman–Crippen LogP) is 1.89. The molecule has 0 saturated carbocycles. The molecule has 10 heteroatoms. The van der Waals surface area contributed by atoms with E-state index in [1.165, 1.54) is 37.1 Å². The lowest BCUT2D eigenvalue weighted by Crippen LogP contribution is -2.16. The fraction of sp³-hybridized carbons (Fsp3) is 0.188. The molecule has 0 saturated heterocycles. The van der Waals surface area contributed by atoms with Crippen LogP contribution < -0.4 is 15.4 Å². The third kappa shape index (κ3) is 3.14. The zero-order chi connectivity index (χ0) is 18.8. The van der Waals surface area contributed by atoms with Crippen LogP contribution in [0.4, 0.5) is 5.69 Å². The number of hydrogen-bond donors (Lipinski definition) is 0. The summed E-state index contributed by atoms with van der Waals surface area (Å²) in [5.74, 6) is -0.993. The molecule has 9 nitrogen and oxygen atoms in total. The summed E-state index contributed by atoms with van der Waals surface area (Å²) < 4.78 is 5.91. The largest absolute Gasteiger partial charge is 0.865 e. The van der Waals surface area contributed by atoms with E-state index < -0.39 is 16.4 Å². The van der Waals surface area contributed by atoms with Gasteiger partial charge in [0, 0.05) is 22.3 Å². The maximum atomic E-state index is 12.5. The number of nitrogens with zero attached hydrogens (tertiary/aromatic N) is 4. The minimum absolute atomic E-state index is 0.174. The highest BCUT2D eigenvalue weighted by Crippen LogP contribution is 2.33. The van der Waals surface area contributed by atoms with E-state index in [0.29, 0.717) is 10.2 Å². The third-order valence-corrected chi connectivity index (χ3v) is 4.83. The second kappa shape index (κ2) is 6.92. The van der Waals surface area contributed by atoms with Crippen molar-refractivity contribution in [3.8, 4) is 11.5 Å². The van der Waals surface area contributed by atoms with Crippen molar-refractivity contribution in [3.05, 3.63) is 55.4 Å². The molecule has 2 heterocycles. The molecule has 0 radical (unpaired) electrons. The van der Waals surface area contributed by atoms with E-state index in [0.717, 1.165) is 22.0 Å². The minimum atomic E-state index is -0.819. The highest BCUT2D eigenvalue weighted by Gasteiger charge is 2.13. The summed E-state index contributed by atoms with van der Waals surface area (Å²) in [5.41, 5.74) is -0.721. The third-order valence-electron chi connectivity index (χ3n) is 3.64. The van der Waals surface area contributed by atoms with Gasteiger partial charge in [-0.15, -0.1) is 11.3 Å². The molecule has 0 amide bonds. The van der Waals surface area contributed by atoms with E-state index in [1.807, 2.05) is 6.92 Å². The van der Waals surface area contributed by atoms with Crippen molar-refractivity contribution in [2.24, 2.45) is 5.10 Å². The van der Waals surface area contributed by atoms with Crippen molar-refractivity contribution in [1.29, 1.82) is 0 Å². The molecule has 0 aliphatic heterocycles. The van der Waals surface area contributed by atoms with Gasteiger partial charge in [-0.25, -0.2) is 4.98 Å². The van der Waals surface area contributed by atoms with Crippen LogP contribution in [0.15, 0.2) is 34.4 Å². The van der Waals surface area contributed by atoms with E-state index in [-0.39, 0.29) is 16.9 Å². The van der Waals surface area contributed by atoms with Crippen molar-refractivity contribution in [3.63, 3.8) is 0 Å². The molecule has 1 aromatic carbocycles. The zero-order valence-corrected chi connectivity index (χ0v) is 14.6. The van der Waals surface area contributed by atoms with Crippen LogP contribution in [0.2, 0.25) is 0 Å². The number of methoxy groups -OCH3 is 1. The Morgan fingerprint density at radius 1 is 1.42 bits per heavy atom. The fourth-order valence-corrected chi connectivity index (χ4v) is 3.24. The van der Waals surface area contributed by atoms with E-state index in [4.69, 9.17) is 4.74 Å². The van der Waals surface area contributed by atoms with Gasteiger partial charge in [-0.3, -0.25) is 14.9 Å². The van der Waals surface area contributed by atoms with E-state index in [9.17, 15) is 20.0 Å². The summed E-state index contributed by atoms with van der Waals surface area (Å²) >= 11 is 1.44. The van der Waals surface area contributed by atoms with Gasteiger partial charge in [0.25, 0.3) is 11.2 Å². The average Bonchev–Trinajstić information content (AvgIpc) is 3.06. The van der Waals surface area contributed by atoms with E-state index in [1.54, 1.807) is 6.07 Å². The van der Waals surface area contributed by atoms with Gasteiger partial charge in [0.05, 0.1) is 23.6 Å². The number of nitro groups is 1. The van der Waals surface area contributed by atoms with Gasteiger partial charge in [-0.1, -0.05) is 6.92 Å². The summed E-state index contributed by atoms with van der Waals surface area (Å²) in [4.78, 5) is 28.5. The number of aryl methyl sites for hydroxylation is 1. The second-order valence-corrected chi connectivity index (χ2v) is 6.37. The maximum absolute atomic E-state index is 12.5. The van der Waals surface area contributed by atoms with Crippen LogP contribution in [0.5, 0.6) is 11.5 Å². The van der Waals surface area contributed by atoms with Crippen molar-refractivity contribution < 1.29 is 14.8 Å². The highest BCUT2D eigenvalue weighted by atomic mass is 32.1. The van der Waals surface area contributed by atoms with Crippen LogP contribution in [0.3, 0.4) is 0 Å². The van der Waals surface area contributed by atoms with Crippen molar-refractivity contribution in [1.82, 2.24) is 9.66 Å². The summed E-state index contributed by atoms with van der Waals surface area (Å²) in [6.07, 6.45) is 3.32. The maximum Gasteiger partial charge on any atom is 0.282 e. The van der Waals surface area contributed by atoms with Gasteiger partial charge >= 0.3 is 0 Å². The molecule has 0 N–H and O–H groups in total. The van der Waals surface area contributed by atoms with Crippen LogP contribution in [-0.4, -0.2) is 27.9 Å². The van der Waals surface area contributed by atoms with Crippen molar-refractivity contribution in [2.45, 2.75) is 13.3 Å². The van der Waals surface area contributed by atoms with Crippen molar-refractivity contribution >= 4 is 33.5 Å². The first kappa shape index (κ1) is 17.5. The Balaban J connectivity index is 2.03. The fourth-order valence-electron chi connectivity index (χ4n) is 2.32. The Kier molecular flexibility index (Phi) is 4.67. The number of aromatic nitrogens is 2. The molecule has 134 valence electrons. The Labute approximate surface area is 151 Å². The Morgan fingerprint density at radius 3 is 2.85 bits per heavy atom. The number of ether oxygens (including phenoxy) is 1. The normalized spacial score (nSPS) is 11.3. The number of fused-ring (bicyclic) bond motifs is 1. The topological polar surface area (TPSA) is 123 Å². The molecule has 0 bridgehead atoms. The molecule has 0 atom stereocenters. The summed E-state index contributed by atoms with van der Waals surface area (Å²) in [5, 5.41) is 27.3. The Morgan fingerprint density at radius 2 is 2.19 bits per heavy atom. The first-order valence-electron chi connectivity index (χ1n) is 7.52. The highest BCUT2D eigenvalue weighted by molar-refractivity contribution is 7.18. The molecule has 2 aromatic heterocycles. The van der Waals surface area contributed by atoms with Gasteiger partial charge < -0.3 is 9.84 Å². The summed E-state index contributed by atoms with van der Waals surface area (Å²) in [6, 6.07) is 4.17. The monoisotopic (exact) mass is 373 g/mol. The lowest BCUT2D eigenvalue weighted by atomic mass is 10.2. The molecular weight excluding hydrogens is 360 g/mol. The van der Waals surface area contributed by atoms with Crippen LogP contribution in [-0.2, 0) is 6.42 Å². The van der Waals surface area contributed by atoms with Gasteiger partial charge in [0.2, 0.25) is 0 Å². The number of rotatable bonds is 5. The lowest BCUT2D eigenvalue weighted by Gasteiger charge is -2.12. The molecular formula is C16H13N4O5S-. The number of nitro benzene ring substituents is 1. The number of thiophene rings is 1. The average molecular weight is 373 g/mol. The zero-order valence-electron chi connectivity index (χ0n) is 13.8. The van der Waals surface area contributed by atoms with Gasteiger partial charge in [0.15, 0.2) is 0 Å². The van der Waals surface area contributed by atoms with Gasteiger partial charge in [0.1, 0.15) is 16.9 Å². The van der Waals surface area contributed by atoms with E-state index in [2.05, 4.69) is 10.1 Å². The molecule has 0 unspecified atom stereocenters. The predicted molar refractivity (Wildman–Crippen MR) is 95.3 cm³/mol. The molecule has 0 fully saturated rings. The van der Waals surface area contributed by atoms with Gasteiger partial charge in [-0.2, -0.15) is 9.78 Å². The standard InChI is InChI=1S/C16H14N4O5S/c1-3-10-6-11-15(26-10)17-8-19(16(11)22)18-7-9-4-12(20(23)24)14(21)13(5-9)25-2/h4-8,21H,3H2,1-2H3/p-1/b18-7-. The van der Waals surface area contributed by atoms with Crippen LogP contribution in [0, 0.1) is 10.1 Å². The SMILES string of the molecule is CCc1cc2c(=O)n(/N=C\c3cc(OC)c([O-])c([N+](=O)[O-])c3)cnc2s1. The lowest BCUT2D eigenvalue weighted by molar-refractivity contribution is -0.398. The first-order valence-corrected chi connectivity index (χ1v) is 8.34. The molecule has 3 rings (SSSR count). The Bertz CT molecular complexity index is 1090. The summed E-state index contributed by atoms with van der Waals surface area (Å²) in [7, 11) is 1.24.